The van der Waals surface area contributed by atoms with Crippen molar-refractivity contribution >= 4 is 28.8 Å². The van der Waals surface area contributed by atoms with Crippen LogP contribution in [0.15, 0.2) is 54.7 Å². The summed E-state index contributed by atoms with van der Waals surface area (Å²) in [4.78, 5) is 28.7. The largest absolute Gasteiger partial charge is 0.368 e. The van der Waals surface area contributed by atoms with Crippen molar-refractivity contribution in [3.05, 3.63) is 65.9 Å². The Morgan fingerprint density at radius 1 is 1.00 bits per heavy atom. The van der Waals surface area contributed by atoms with E-state index in [0.717, 1.165) is 42.3 Å². The Bertz CT molecular complexity index is 986. The predicted molar refractivity (Wildman–Crippen MR) is 112 cm³/mol. The molecule has 28 heavy (non-hydrogen) atoms. The molecule has 1 saturated heterocycles. The summed E-state index contributed by atoms with van der Waals surface area (Å²) >= 11 is 0. The fraction of sp³-hybridized carbons (Fsp3) is 0.304. The van der Waals surface area contributed by atoms with Crippen molar-refractivity contribution in [2.24, 2.45) is 0 Å². The lowest BCUT2D eigenvalue weighted by Gasteiger charge is -2.36. The zero-order chi connectivity index (χ0) is 19.5. The van der Waals surface area contributed by atoms with Crippen LogP contribution in [-0.2, 0) is 17.8 Å². The standard InChI is InChI=1S/C23H25N3O2/c1-2-18-7-6-10-21-19(17-27)15-26(23(18)21)16-22(28)25-13-11-24(12-14-25)20-8-4-3-5-9-20/h3-10,15,17H,2,11-14,16H2,1H3. The van der Waals surface area contributed by atoms with Crippen LogP contribution >= 0.6 is 0 Å². The Labute approximate surface area is 165 Å². The van der Waals surface area contributed by atoms with E-state index in [1.165, 1.54) is 5.69 Å². The van der Waals surface area contributed by atoms with E-state index in [2.05, 4.69) is 30.0 Å². The molecule has 0 atom stereocenters. The number of aromatic nitrogens is 1. The molecule has 0 saturated carbocycles. The van der Waals surface area contributed by atoms with Crippen LogP contribution in [-0.4, -0.2) is 47.8 Å². The van der Waals surface area contributed by atoms with Gasteiger partial charge in [-0.05, 0) is 24.1 Å². The number of aldehydes is 1. The number of rotatable bonds is 5. The third-order valence-corrected chi connectivity index (χ3v) is 5.58. The Morgan fingerprint density at radius 3 is 2.43 bits per heavy atom. The molecule has 1 aromatic heterocycles. The maximum atomic E-state index is 12.9. The second-order valence-corrected chi connectivity index (χ2v) is 7.20. The van der Waals surface area contributed by atoms with Crippen molar-refractivity contribution in [1.82, 2.24) is 9.47 Å². The zero-order valence-corrected chi connectivity index (χ0v) is 16.2. The number of para-hydroxylation sites is 2. The average molecular weight is 375 g/mol. The van der Waals surface area contributed by atoms with Crippen LogP contribution in [0, 0.1) is 0 Å². The molecule has 2 aromatic carbocycles. The predicted octanol–water partition coefficient (Wildman–Crippen LogP) is 3.37. The van der Waals surface area contributed by atoms with Gasteiger partial charge in [0.2, 0.25) is 5.91 Å². The Balaban J connectivity index is 1.50. The molecule has 0 spiro atoms. The van der Waals surface area contributed by atoms with Gasteiger partial charge in [-0.25, -0.2) is 0 Å². The minimum atomic E-state index is 0.105. The molecule has 0 N–H and O–H groups in total. The van der Waals surface area contributed by atoms with E-state index in [1.54, 1.807) is 0 Å². The Kier molecular flexibility index (Phi) is 5.15. The van der Waals surface area contributed by atoms with E-state index in [9.17, 15) is 9.59 Å². The summed E-state index contributed by atoms with van der Waals surface area (Å²) in [6.45, 7) is 5.47. The highest BCUT2D eigenvalue weighted by Gasteiger charge is 2.22. The Hall–Kier alpha value is -3.08. The van der Waals surface area contributed by atoms with Gasteiger partial charge in [-0.15, -0.1) is 0 Å². The molecule has 0 aliphatic carbocycles. The number of amides is 1. The first kappa shape index (κ1) is 18.3. The first-order valence-electron chi connectivity index (χ1n) is 9.85. The molecule has 5 nitrogen and oxygen atoms in total. The van der Waals surface area contributed by atoms with E-state index in [4.69, 9.17) is 0 Å². The molecule has 4 rings (SSSR count). The first-order chi connectivity index (χ1) is 13.7. The number of carbonyl (C=O) groups is 2. The van der Waals surface area contributed by atoms with E-state index < -0.39 is 0 Å². The van der Waals surface area contributed by atoms with Gasteiger partial charge in [-0.3, -0.25) is 9.59 Å². The molecule has 1 amide bonds. The highest BCUT2D eigenvalue weighted by molar-refractivity contribution is 5.99. The monoisotopic (exact) mass is 375 g/mol. The van der Waals surface area contributed by atoms with Crippen LogP contribution in [0.2, 0.25) is 0 Å². The summed E-state index contributed by atoms with van der Waals surface area (Å²) < 4.78 is 1.95. The normalized spacial score (nSPS) is 14.5. The summed E-state index contributed by atoms with van der Waals surface area (Å²) in [5, 5.41) is 0.927. The smallest absolute Gasteiger partial charge is 0.242 e. The second-order valence-electron chi connectivity index (χ2n) is 7.20. The summed E-state index contributed by atoms with van der Waals surface area (Å²) in [5.41, 5.74) is 4.01. The van der Waals surface area contributed by atoms with Crippen LogP contribution in [0.3, 0.4) is 0 Å². The summed E-state index contributed by atoms with van der Waals surface area (Å²) in [6, 6.07) is 16.3. The number of aryl methyl sites for hydroxylation is 1. The van der Waals surface area contributed by atoms with Gasteiger partial charge in [0, 0.05) is 49.0 Å². The molecule has 1 aliphatic heterocycles. The highest BCUT2D eigenvalue weighted by Crippen LogP contribution is 2.25. The van der Waals surface area contributed by atoms with E-state index in [1.807, 2.05) is 46.0 Å². The van der Waals surface area contributed by atoms with Crippen molar-refractivity contribution in [1.29, 1.82) is 0 Å². The second kappa shape index (κ2) is 7.89. The maximum Gasteiger partial charge on any atom is 0.242 e. The highest BCUT2D eigenvalue weighted by atomic mass is 16.2. The SMILES string of the molecule is CCc1cccc2c(C=O)cn(CC(=O)N3CCN(c4ccccc4)CC3)c12. The van der Waals surface area contributed by atoms with Gasteiger partial charge < -0.3 is 14.4 Å². The molecular weight excluding hydrogens is 350 g/mol. The number of hydrogen-bond acceptors (Lipinski definition) is 3. The first-order valence-corrected chi connectivity index (χ1v) is 9.85. The van der Waals surface area contributed by atoms with Gasteiger partial charge in [0.15, 0.2) is 6.29 Å². The molecule has 1 fully saturated rings. The fourth-order valence-electron chi connectivity index (χ4n) is 4.07. The van der Waals surface area contributed by atoms with Crippen molar-refractivity contribution in [3.8, 4) is 0 Å². The minimum absolute atomic E-state index is 0.105. The van der Waals surface area contributed by atoms with E-state index in [-0.39, 0.29) is 12.5 Å². The molecular formula is C23H25N3O2. The molecule has 5 heteroatoms. The lowest BCUT2D eigenvalue weighted by atomic mass is 10.1. The molecule has 144 valence electrons. The molecule has 1 aliphatic rings. The lowest BCUT2D eigenvalue weighted by Crippen LogP contribution is -2.49. The zero-order valence-electron chi connectivity index (χ0n) is 16.2. The fourth-order valence-corrected chi connectivity index (χ4v) is 4.07. The van der Waals surface area contributed by atoms with Crippen molar-refractivity contribution < 1.29 is 9.59 Å². The topological polar surface area (TPSA) is 45.6 Å². The van der Waals surface area contributed by atoms with Gasteiger partial charge in [0.05, 0.1) is 5.52 Å². The number of anilines is 1. The number of carbonyl (C=O) groups excluding carboxylic acids is 2. The number of fused-ring (bicyclic) bond motifs is 1. The van der Waals surface area contributed by atoms with Crippen LogP contribution in [0.5, 0.6) is 0 Å². The lowest BCUT2D eigenvalue weighted by molar-refractivity contribution is -0.132. The number of piperazine rings is 1. The molecule has 0 bridgehead atoms. The van der Waals surface area contributed by atoms with Gasteiger partial charge in [0.1, 0.15) is 6.54 Å². The summed E-state index contributed by atoms with van der Waals surface area (Å²) in [6.07, 6.45) is 3.56. The van der Waals surface area contributed by atoms with E-state index >= 15 is 0 Å². The third-order valence-electron chi connectivity index (χ3n) is 5.58. The molecule has 0 radical (unpaired) electrons. The van der Waals surface area contributed by atoms with Gasteiger partial charge in [-0.1, -0.05) is 43.3 Å². The average Bonchev–Trinajstić information content (AvgIpc) is 3.12. The van der Waals surface area contributed by atoms with Crippen molar-refractivity contribution in [3.63, 3.8) is 0 Å². The van der Waals surface area contributed by atoms with Gasteiger partial charge in [-0.2, -0.15) is 0 Å². The molecule has 3 aromatic rings. The maximum absolute atomic E-state index is 12.9. The number of nitrogens with zero attached hydrogens (tertiary/aromatic N) is 3. The van der Waals surface area contributed by atoms with Crippen molar-refractivity contribution in [2.75, 3.05) is 31.1 Å². The minimum Gasteiger partial charge on any atom is -0.368 e. The summed E-state index contributed by atoms with van der Waals surface area (Å²) in [5.74, 6) is 0.105. The molecule has 2 heterocycles. The van der Waals surface area contributed by atoms with Gasteiger partial charge in [0.25, 0.3) is 0 Å². The van der Waals surface area contributed by atoms with Crippen LogP contribution in [0.25, 0.3) is 10.9 Å². The van der Waals surface area contributed by atoms with Crippen LogP contribution in [0.4, 0.5) is 5.69 Å². The number of hydrogen-bond donors (Lipinski definition) is 0. The number of benzene rings is 2. The van der Waals surface area contributed by atoms with E-state index in [0.29, 0.717) is 18.7 Å². The Morgan fingerprint density at radius 2 is 1.75 bits per heavy atom. The van der Waals surface area contributed by atoms with Crippen LogP contribution in [0.1, 0.15) is 22.8 Å². The summed E-state index contributed by atoms with van der Waals surface area (Å²) in [7, 11) is 0. The van der Waals surface area contributed by atoms with Crippen molar-refractivity contribution in [2.45, 2.75) is 19.9 Å². The molecule has 0 unspecified atom stereocenters. The quantitative estimate of drug-likeness (QED) is 0.643. The van der Waals surface area contributed by atoms with Crippen LogP contribution < -0.4 is 4.90 Å². The third kappa shape index (κ3) is 3.40. The van der Waals surface area contributed by atoms with Gasteiger partial charge >= 0.3 is 0 Å².